The maximum absolute atomic E-state index is 13.5. The third kappa shape index (κ3) is 5.01. The van der Waals surface area contributed by atoms with Gasteiger partial charge in [0.2, 0.25) is 0 Å². The molecule has 0 saturated carbocycles. The van der Waals surface area contributed by atoms with Gasteiger partial charge in [-0.15, -0.1) is 0 Å². The van der Waals surface area contributed by atoms with E-state index in [4.69, 9.17) is 14.6 Å². The highest BCUT2D eigenvalue weighted by molar-refractivity contribution is 6.06. The Bertz CT molecular complexity index is 1250. The molecule has 0 radical (unpaired) electrons. The van der Waals surface area contributed by atoms with Crippen molar-refractivity contribution < 1.29 is 18.7 Å². The average molecular weight is 493 g/mol. The van der Waals surface area contributed by atoms with Gasteiger partial charge in [-0.3, -0.25) is 14.4 Å². The van der Waals surface area contributed by atoms with Crippen molar-refractivity contribution in [2.75, 3.05) is 20.3 Å². The summed E-state index contributed by atoms with van der Waals surface area (Å²) in [7, 11) is 1.63. The number of nitrogens with one attached hydrogen (secondary N) is 1. The molecule has 3 heterocycles. The standard InChI is InChI=1S/C28H33FN4O3/c1-18(2)11-12-33-27-24(5-4-6-25(27)35-3)26(31-33)28(34)30-21-13-22-16-36-17-23(14-21)32(22)15-19-7-9-20(29)10-8-19/h4-11,21-23H,12-17H2,1-3H3,(H,30,34). The molecule has 5 rings (SSSR count). The quantitative estimate of drug-likeness (QED) is 0.498. The second-order valence-corrected chi connectivity index (χ2v) is 9.95. The Hall–Kier alpha value is -3.23. The number of piperidine rings is 1. The molecule has 7 nitrogen and oxygen atoms in total. The zero-order chi connectivity index (χ0) is 25.2. The molecule has 2 atom stereocenters. The van der Waals surface area contributed by atoms with Crippen molar-refractivity contribution in [3.8, 4) is 5.75 Å². The van der Waals surface area contributed by atoms with Crippen LogP contribution in [0.2, 0.25) is 0 Å². The Balaban J connectivity index is 1.34. The summed E-state index contributed by atoms with van der Waals surface area (Å²) in [5.74, 6) is 0.305. The van der Waals surface area contributed by atoms with Gasteiger partial charge in [0, 0.05) is 30.1 Å². The van der Waals surface area contributed by atoms with Gasteiger partial charge in [0.1, 0.15) is 17.1 Å². The predicted molar refractivity (Wildman–Crippen MR) is 137 cm³/mol. The zero-order valence-electron chi connectivity index (χ0n) is 21.0. The summed E-state index contributed by atoms with van der Waals surface area (Å²) in [4.78, 5) is 15.9. The Morgan fingerprint density at radius 1 is 1.17 bits per heavy atom. The van der Waals surface area contributed by atoms with Crippen molar-refractivity contribution in [3.05, 3.63) is 71.2 Å². The first-order chi connectivity index (χ1) is 17.4. The minimum Gasteiger partial charge on any atom is -0.494 e. The number of nitrogens with zero attached hydrogens (tertiary/aromatic N) is 3. The lowest BCUT2D eigenvalue weighted by atomic mass is 9.89. The third-order valence-electron chi connectivity index (χ3n) is 7.13. The van der Waals surface area contributed by atoms with Crippen LogP contribution < -0.4 is 10.1 Å². The summed E-state index contributed by atoms with van der Waals surface area (Å²) >= 11 is 0. The van der Waals surface area contributed by atoms with Gasteiger partial charge in [0.15, 0.2) is 5.69 Å². The Morgan fingerprint density at radius 3 is 2.56 bits per heavy atom. The molecular formula is C28H33FN4O3. The van der Waals surface area contributed by atoms with Crippen LogP contribution >= 0.6 is 0 Å². The topological polar surface area (TPSA) is 68.6 Å². The minimum absolute atomic E-state index is 0.0319. The van der Waals surface area contributed by atoms with Gasteiger partial charge in [-0.05, 0) is 50.5 Å². The van der Waals surface area contributed by atoms with Crippen LogP contribution in [0.4, 0.5) is 4.39 Å². The number of methoxy groups -OCH3 is 1. The summed E-state index contributed by atoms with van der Waals surface area (Å²) in [6.07, 6.45) is 3.67. The maximum Gasteiger partial charge on any atom is 0.272 e. The number of amides is 1. The first kappa shape index (κ1) is 24.5. The number of carbonyl (C=O) groups excluding carboxylic acids is 1. The van der Waals surface area contributed by atoms with Gasteiger partial charge in [0.25, 0.3) is 5.91 Å². The highest BCUT2D eigenvalue weighted by Gasteiger charge is 2.39. The van der Waals surface area contributed by atoms with Crippen LogP contribution in [0.5, 0.6) is 5.75 Å². The van der Waals surface area contributed by atoms with Crippen molar-refractivity contribution in [3.63, 3.8) is 0 Å². The van der Waals surface area contributed by atoms with E-state index in [1.165, 1.54) is 17.7 Å². The zero-order valence-corrected chi connectivity index (χ0v) is 21.0. The van der Waals surface area contributed by atoms with E-state index in [-0.39, 0.29) is 29.8 Å². The van der Waals surface area contributed by atoms with Gasteiger partial charge < -0.3 is 14.8 Å². The maximum atomic E-state index is 13.5. The molecule has 2 aliphatic heterocycles. The molecule has 8 heteroatoms. The number of para-hydroxylation sites is 1. The molecule has 1 aromatic heterocycles. The summed E-state index contributed by atoms with van der Waals surface area (Å²) in [6.45, 7) is 6.65. The lowest BCUT2D eigenvalue weighted by molar-refractivity contribution is -0.0843. The molecule has 1 amide bonds. The van der Waals surface area contributed by atoms with E-state index in [9.17, 15) is 9.18 Å². The van der Waals surface area contributed by atoms with Crippen molar-refractivity contribution in [2.45, 2.75) is 57.9 Å². The molecule has 0 aliphatic carbocycles. The Labute approximate surface area is 210 Å². The van der Waals surface area contributed by atoms with E-state index < -0.39 is 0 Å². The Kier molecular flexibility index (Phi) is 7.07. The number of carbonyl (C=O) groups is 1. The van der Waals surface area contributed by atoms with Crippen molar-refractivity contribution in [1.29, 1.82) is 0 Å². The number of morpholine rings is 1. The van der Waals surface area contributed by atoms with Crippen LogP contribution in [-0.2, 0) is 17.8 Å². The van der Waals surface area contributed by atoms with Crippen molar-refractivity contribution >= 4 is 16.8 Å². The largest absolute Gasteiger partial charge is 0.494 e. The molecule has 2 aromatic carbocycles. The van der Waals surface area contributed by atoms with E-state index in [0.717, 1.165) is 35.9 Å². The Morgan fingerprint density at radius 2 is 1.89 bits per heavy atom. The fraction of sp³-hybridized carbons (Fsp3) is 0.429. The highest BCUT2D eigenvalue weighted by atomic mass is 19.1. The predicted octanol–water partition coefficient (Wildman–Crippen LogP) is 4.31. The SMILES string of the molecule is COc1cccc2c(C(=O)NC3CC4COCC(C3)N4Cc3ccc(F)cc3)nn(CC=C(C)C)c12. The van der Waals surface area contributed by atoms with Crippen LogP contribution in [0.1, 0.15) is 42.7 Å². The number of ether oxygens (including phenoxy) is 2. The molecule has 2 unspecified atom stereocenters. The number of hydrogen-bond acceptors (Lipinski definition) is 5. The molecular weight excluding hydrogens is 459 g/mol. The second kappa shape index (κ2) is 10.4. The van der Waals surface area contributed by atoms with Crippen molar-refractivity contribution in [1.82, 2.24) is 20.0 Å². The molecule has 36 heavy (non-hydrogen) atoms. The van der Waals surface area contributed by atoms with Gasteiger partial charge in [-0.1, -0.05) is 35.9 Å². The molecule has 1 N–H and O–H groups in total. The van der Waals surface area contributed by atoms with E-state index in [0.29, 0.717) is 31.2 Å². The van der Waals surface area contributed by atoms with Crippen LogP contribution in [-0.4, -0.2) is 59.0 Å². The summed E-state index contributed by atoms with van der Waals surface area (Å²) < 4.78 is 26.6. The van der Waals surface area contributed by atoms with Crippen LogP contribution in [0.25, 0.3) is 10.9 Å². The van der Waals surface area contributed by atoms with E-state index in [2.05, 4.69) is 16.3 Å². The van der Waals surface area contributed by atoms with Crippen LogP contribution in [0.15, 0.2) is 54.1 Å². The number of benzene rings is 2. The second-order valence-electron chi connectivity index (χ2n) is 9.95. The monoisotopic (exact) mass is 492 g/mol. The van der Waals surface area contributed by atoms with Gasteiger partial charge in [-0.2, -0.15) is 5.10 Å². The number of fused-ring (bicyclic) bond motifs is 3. The first-order valence-electron chi connectivity index (χ1n) is 12.5. The lowest BCUT2D eigenvalue weighted by Gasteiger charge is -2.48. The number of rotatable bonds is 7. The normalized spacial score (nSPS) is 21.8. The third-order valence-corrected chi connectivity index (χ3v) is 7.13. The summed E-state index contributed by atoms with van der Waals surface area (Å²) in [5, 5.41) is 8.74. The highest BCUT2D eigenvalue weighted by Crippen LogP contribution is 2.31. The molecule has 2 bridgehead atoms. The number of allylic oxidation sites excluding steroid dienone is 2. The minimum atomic E-state index is -0.225. The number of hydrogen-bond donors (Lipinski definition) is 1. The first-order valence-corrected chi connectivity index (χ1v) is 12.5. The smallest absolute Gasteiger partial charge is 0.272 e. The van der Waals surface area contributed by atoms with Gasteiger partial charge in [-0.25, -0.2) is 4.39 Å². The fourth-order valence-corrected chi connectivity index (χ4v) is 5.36. The fourth-order valence-electron chi connectivity index (χ4n) is 5.36. The van der Waals surface area contributed by atoms with Crippen LogP contribution in [0, 0.1) is 5.82 Å². The summed E-state index contributed by atoms with van der Waals surface area (Å²) in [5.41, 5.74) is 3.50. The van der Waals surface area contributed by atoms with E-state index >= 15 is 0 Å². The molecule has 2 aliphatic rings. The number of aromatic nitrogens is 2. The van der Waals surface area contributed by atoms with Crippen molar-refractivity contribution in [2.24, 2.45) is 0 Å². The lowest BCUT2D eigenvalue weighted by Crippen LogP contribution is -2.60. The van der Waals surface area contributed by atoms with E-state index in [1.807, 2.05) is 48.9 Å². The van der Waals surface area contributed by atoms with E-state index in [1.54, 1.807) is 7.11 Å². The molecule has 190 valence electrons. The molecule has 2 fully saturated rings. The molecule has 2 saturated heterocycles. The molecule has 3 aromatic rings. The summed E-state index contributed by atoms with van der Waals surface area (Å²) in [6, 6.07) is 12.8. The van der Waals surface area contributed by atoms with Gasteiger partial charge in [0.05, 0.1) is 26.9 Å². The average Bonchev–Trinajstić information content (AvgIpc) is 3.23. The van der Waals surface area contributed by atoms with Crippen LogP contribution in [0.3, 0.4) is 0 Å². The molecule has 0 spiro atoms. The number of halogens is 1. The van der Waals surface area contributed by atoms with Gasteiger partial charge >= 0.3 is 0 Å².